The first kappa shape index (κ1) is 7.95. The maximum absolute atomic E-state index is 9.69. The number of carbonyl (C=O) groups is 1. The van der Waals surface area contributed by atoms with Crippen molar-refractivity contribution in [1.29, 1.82) is 0 Å². The van der Waals surface area contributed by atoms with Gasteiger partial charge in [-0.15, -0.1) is 0 Å². The molecule has 0 radical (unpaired) electrons. The Labute approximate surface area is 55.3 Å². The number of carbonyl (C=O) groups excluding carboxylic acids is 1. The monoisotopic (exact) mass is 125 g/mol. The minimum atomic E-state index is 0.638. The summed E-state index contributed by atoms with van der Waals surface area (Å²) in [4.78, 5) is 9.69. The van der Waals surface area contributed by atoms with E-state index in [-0.39, 0.29) is 0 Å². The Balaban J connectivity index is 3.56. The highest BCUT2D eigenvalue weighted by atomic mass is 16.1. The summed E-state index contributed by atoms with van der Waals surface area (Å²) in [7, 11) is 0. The molecule has 0 saturated carbocycles. The highest BCUT2D eigenvalue weighted by Crippen LogP contribution is 1.90. The molecule has 0 aromatic carbocycles. The lowest BCUT2D eigenvalue weighted by Crippen LogP contribution is -1.98. The normalized spacial score (nSPS) is 12.0. The summed E-state index contributed by atoms with van der Waals surface area (Å²) >= 11 is 0. The summed E-state index contributed by atoms with van der Waals surface area (Å²) in [5, 5.41) is 2.41. The van der Waals surface area contributed by atoms with Gasteiger partial charge in [-0.1, -0.05) is 11.6 Å². The fourth-order valence-electron chi connectivity index (χ4n) is 0.315. The molecule has 0 rings (SSSR count). The third-order valence-corrected chi connectivity index (χ3v) is 0.966. The molecule has 2 nitrogen and oxygen atoms in total. The van der Waals surface area contributed by atoms with Gasteiger partial charge < -0.3 is 5.32 Å². The lowest BCUT2D eigenvalue weighted by atomic mass is 10.3. The average molecular weight is 125 g/mol. The molecule has 0 bridgehead atoms. The van der Waals surface area contributed by atoms with Crippen molar-refractivity contribution in [2.24, 2.45) is 0 Å². The van der Waals surface area contributed by atoms with E-state index in [9.17, 15) is 4.79 Å². The van der Waals surface area contributed by atoms with Gasteiger partial charge in [0.15, 0.2) is 0 Å². The van der Waals surface area contributed by atoms with Crippen LogP contribution in [-0.2, 0) is 4.79 Å². The van der Waals surface area contributed by atoms with Gasteiger partial charge in [-0.25, -0.2) is 0 Å². The maximum Gasteiger partial charge on any atom is 0.211 e. The number of nitrogens with one attached hydrogen (secondary N) is 1. The van der Waals surface area contributed by atoms with Gasteiger partial charge in [0.2, 0.25) is 6.41 Å². The predicted molar refractivity (Wildman–Crippen MR) is 37.8 cm³/mol. The van der Waals surface area contributed by atoms with Crippen LogP contribution in [0, 0.1) is 0 Å². The summed E-state index contributed by atoms with van der Waals surface area (Å²) < 4.78 is 0. The topological polar surface area (TPSA) is 29.1 Å². The molecule has 0 aliphatic heterocycles. The van der Waals surface area contributed by atoms with Gasteiger partial charge in [-0.3, -0.25) is 4.79 Å². The van der Waals surface area contributed by atoms with Crippen LogP contribution in [0.3, 0.4) is 0 Å². The Bertz CT molecular complexity index is 136. The third kappa shape index (κ3) is 4.81. The molecule has 50 valence electrons. The summed E-state index contributed by atoms with van der Waals surface area (Å²) in [5.74, 6) is 0. The van der Waals surface area contributed by atoms with E-state index in [0.717, 1.165) is 5.57 Å². The zero-order valence-corrected chi connectivity index (χ0v) is 5.72. The first-order chi connectivity index (χ1) is 4.31. The zero-order valence-electron chi connectivity index (χ0n) is 5.72. The molecule has 0 saturated heterocycles. The largest absolute Gasteiger partial charge is 0.335 e. The van der Waals surface area contributed by atoms with Crippen molar-refractivity contribution in [3.05, 3.63) is 23.9 Å². The molecule has 0 aromatic rings. The minimum Gasteiger partial charge on any atom is -0.335 e. The smallest absolute Gasteiger partial charge is 0.211 e. The van der Waals surface area contributed by atoms with E-state index in [1.165, 1.54) is 0 Å². The average Bonchev–Trinajstić information content (AvgIpc) is 1.89. The van der Waals surface area contributed by atoms with Gasteiger partial charge in [0.25, 0.3) is 0 Å². The molecule has 0 fully saturated rings. The molecule has 2 heteroatoms. The summed E-state index contributed by atoms with van der Waals surface area (Å²) in [6.07, 6.45) is 6.03. The lowest BCUT2D eigenvalue weighted by molar-refractivity contribution is -0.108. The zero-order chi connectivity index (χ0) is 7.11. The molecular weight excluding hydrogens is 114 g/mol. The van der Waals surface area contributed by atoms with Crippen LogP contribution in [0.5, 0.6) is 0 Å². The molecule has 9 heavy (non-hydrogen) atoms. The van der Waals surface area contributed by atoms with E-state index in [4.69, 9.17) is 0 Å². The van der Waals surface area contributed by atoms with Crippen LogP contribution in [0.1, 0.15) is 13.8 Å². The number of hydrogen-bond acceptors (Lipinski definition) is 1. The first-order valence-corrected chi connectivity index (χ1v) is 2.80. The second-order valence-electron chi connectivity index (χ2n) is 1.65. The van der Waals surface area contributed by atoms with Gasteiger partial charge in [0, 0.05) is 6.20 Å². The highest BCUT2D eigenvalue weighted by Gasteiger charge is 1.73. The molecule has 0 aromatic heterocycles. The molecular formula is C7H11NO. The molecule has 0 unspecified atom stereocenters. The minimum absolute atomic E-state index is 0.638. The van der Waals surface area contributed by atoms with Crippen molar-refractivity contribution in [1.82, 2.24) is 5.32 Å². The van der Waals surface area contributed by atoms with Gasteiger partial charge in [-0.05, 0) is 19.9 Å². The Morgan fingerprint density at radius 2 is 2.22 bits per heavy atom. The maximum atomic E-state index is 9.69. The quantitative estimate of drug-likeness (QED) is 0.446. The Morgan fingerprint density at radius 3 is 2.67 bits per heavy atom. The Kier molecular flexibility index (Phi) is 4.50. The standard InChI is InChI=1S/C7H11NO/c1-3-7(2)4-5-8-6-9/h3-6H,1-2H3,(H,8,9)/b5-4-,7-3-. The van der Waals surface area contributed by atoms with Crippen molar-refractivity contribution >= 4 is 6.41 Å². The van der Waals surface area contributed by atoms with Gasteiger partial charge >= 0.3 is 0 Å². The third-order valence-electron chi connectivity index (χ3n) is 0.966. The summed E-state index contributed by atoms with van der Waals surface area (Å²) in [5.41, 5.74) is 1.13. The second-order valence-corrected chi connectivity index (χ2v) is 1.65. The number of amides is 1. The molecule has 0 aliphatic rings. The summed E-state index contributed by atoms with van der Waals surface area (Å²) in [6, 6.07) is 0. The lowest BCUT2D eigenvalue weighted by Gasteiger charge is -1.85. The molecule has 0 heterocycles. The molecule has 0 atom stereocenters. The number of allylic oxidation sites excluding steroid dienone is 3. The Hall–Kier alpha value is -1.05. The fraction of sp³-hybridized carbons (Fsp3) is 0.286. The van der Waals surface area contributed by atoms with Gasteiger partial charge in [-0.2, -0.15) is 0 Å². The molecule has 1 amide bonds. The van der Waals surface area contributed by atoms with Crippen molar-refractivity contribution in [2.45, 2.75) is 13.8 Å². The van der Waals surface area contributed by atoms with Crippen LogP contribution in [0.25, 0.3) is 0 Å². The van der Waals surface area contributed by atoms with Crippen molar-refractivity contribution in [3.63, 3.8) is 0 Å². The predicted octanol–water partition coefficient (Wildman–Crippen LogP) is 1.21. The van der Waals surface area contributed by atoms with E-state index in [2.05, 4.69) is 5.32 Å². The van der Waals surface area contributed by atoms with E-state index in [1.807, 2.05) is 26.0 Å². The SMILES string of the molecule is C/C=C(C)\C=C/NC=O. The summed E-state index contributed by atoms with van der Waals surface area (Å²) in [6.45, 7) is 3.91. The van der Waals surface area contributed by atoms with Gasteiger partial charge in [0.1, 0.15) is 0 Å². The van der Waals surface area contributed by atoms with E-state index < -0.39 is 0 Å². The van der Waals surface area contributed by atoms with Crippen LogP contribution in [0.15, 0.2) is 23.9 Å². The first-order valence-electron chi connectivity index (χ1n) is 2.80. The van der Waals surface area contributed by atoms with Crippen molar-refractivity contribution in [2.75, 3.05) is 0 Å². The van der Waals surface area contributed by atoms with Crippen LogP contribution in [0.2, 0.25) is 0 Å². The Morgan fingerprint density at radius 1 is 1.56 bits per heavy atom. The van der Waals surface area contributed by atoms with Crippen LogP contribution in [-0.4, -0.2) is 6.41 Å². The van der Waals surface area contributed by atoms with Crippen molar-refractivity contribution < 1.29 is 4.79 Å². The number of rotatable bonds is 3. The molecule has 0 spiro atoms. The van der Waals surface area contributed by atoms with Gasteiger partial charge in [0.05, 0.1) is 0 Å². The second kappa shape index (κ2) is 5.09. The highest BCUT2D eigenvalue weighted by molar-refractivity contribution is 5.48. The van der Waals surface area contributed by atoms with Crippen LogP contribution >= 0.6 is 0 Å². The number of hydrogen-bond donors (Lipinski definition) is 1. The fourth-order valence-corrected chi connectivity index (χ4v) is 0.315. The molecule has 0 aliphatic carbocycles. The van der Waals surface area contributed by atoms with E-state index in [0.29, 0.717) is 6.41 Å². The van der Waals surface area contributed by atoms with Crippen LogP contribution in [0.4, 0.5) is 0 Å². The van der Waals surface area contributed by atoms with Crippen LogP contribution < -0.4 is 5.32 Å². The van der Waals surface area contributed by atoms with E-state index >= 15 is 0 Å². The molecule has 1 N–H and O–H groups in total. The van der Waals surface area contributed by atoms with Crippen molar-refractivity contribution in [3.8, 4) is 0 Å². The van der Waals surface area contributed by atoms with E-state index in [1.54, 1.807) is 6.20 Å².